The first-order valence-electron chi connectivity index (χ1n) is 8.88. The summed E-state index contributed by atoms with van der Waals surface area (Å²) < 4.78 is 7.53. The largest absolute Gasteiger partial charge is 0.477 e. The van der Waals surface area contributed by atoms with Crippen molar-refractivity contribution in [3.8, 4) is 0 Å². The molecule has 2 amide bonds. The van der Waals surface area contributed by atoms with E-state index in [1.807, 2.05) is 0 Å². The number of nitrogens with zero attached hydrogens (tertiary/aromatic N) is 7. The summed E-state index contributed by atoms with van der Waals surface area (Å²) in [6, 6.07) is 0. The number of thioether (sulfide) groups is 3. The van der Waals surface area contributed by atoms with Crippen molar-refractivity contribution in [3.63, 3.8) is 0 Å². The van der Waals surface area contributed by atoms with Gasteiger partial charge in [0.05, 0.1) is 5.75 Å². The lowest BCUT2D eigenvalue weighted by atomic mass is 9.98. The number of hydrogen-bond donors (Lipinski definition) is 2. The van der Waals surface area contributed by atoms with Gasteiger partial charge in [-0.25, -0.2) is 9.48 Å². The number of aryl methyl sites for hydroxylation is 1. The molecule has 170 valence electrons. The number of methoxy groups -OCH3 is 1. The summed E-state index contributed by atoms with van der Waals surface area (Å²) in [6.45, 7) is 0. The third-order valence-corrected chi connectivity index (χ3v) is 8.91. The minimum absolute atomic E-state index is 0.0141. The lowest BCUT2D eigenvalue weighted by Gasteiger charge is -2.55. The molecule has 4 heterocycles. The smallest absolute Gasteiger partial charge is 0.352 e. The van der Waals surface area contributed by atoms with Gasteiger partial charge in [0.15, 0.2) is 4.34 Å². The minimum atomic E-state index is -1.63. The Kier molecular flexibility index (Phi) is 6.70. The van der Waals surface area contributed by atoms with Crippen LogP contribution in [0.15, 0.2) is 26.3 Å². The van der Waals surface area contributed by atoms with Crippen molar-refractivity contribution in [2.75, 3.05) is 24.4 Å². The van der Waals surface area contributed by atoms with E-state index < -0.39 is 28.9 Å². The monoisotopic (exact) mass is 516 g/mol. The maximum atomic E-state index is 13.1. The first-order chi connectivity index (χ1) is 15.4. The highest BCUT2D eigenvalue weighted by Gasteiger charge is 2.66. The van der Waals surface area contributed by atoms with Crippen molar-refractivity contribution in [1.29, 1.82) is 0 Å². The lowest BCUT2D eigenvalue weighted by Crippen LogP contribution is -2.80. The first kappa shape index (κ1) is 23.0. The summed E-state index contributed by atoms with van der Waals surface area (Å²) >= 11 is 5.08. The van der Waals surface area contributed by atoms with Gasteiger partial charge in [-0.3, -0.25) is 14.5 Å². The molecule has 2 atom stereocenters. The maximum absolute atomic E-state index is 13.1. The fraction of sp³-hybridized carbons (Fsp3) is 0.467. The van der Waals surface area contributed by atoms with Crippen LogP contribution in [0.4, 0.5) is 0 Å². The topological polar surface area (TPSA) is 165 Å². The van der Waals surface area contributed by atoms with Crippen molar-refractivity contribution >= 4 is 64.4 Å². The average Bonchev–Trinajstić information content (AvgIpc) is 3.45. The van der Waals surface area contributed by atoms with E-state index >= 15 is 0 Å². The highest BCUT2D eigenvalue weighted by molar-refractivity contribution is 8.01. The molecule has 0 aromatic carbocycles. The predicted octanol–water partition coefficient (Wildman–Crippen LogP) is -0.341. The molecule has 0 radical (unpaired) electrons. The number of amides is 2. The zero-order valence-corrected chi connectivity index (χ0v) is 19.9. The van der Waals surface area contributed by atoms with Gasteiger partial charge < -0.3 is 15.2 Å². The summed E-state index contributed by atoms with van der Waals surface area (Å²) in [7, 11) is 2.99. The van der Waals surface area contributed by atoms with Crippen LogP contribution in [0, 0.1) is 0 Å². The number of rotatable bonds is 9. The number of carbonyl (C=O) groups excluding carboxylic acids is 2. The summed E-state index contributed by atoms with van der Waals surface area (Å²) in [6.07, 6.45) is 0. The summed E-state index contributed by atoms with van der Waals surface area (Å²) in [4.78, 5) is 38.7. The molecule has 2 aromatic rings. The highest BCUT2D eigenvalue weighted by atomic mass is 32.2. The number of hydrogen-bond acceptors (Lipinski definition) is 13. The molecule has 0 bridgehead atoms. The van der Waals surface area contributed by atoms with E-state index in [2.05, 4.69) is 31.0 Å². The Morgan fingerprint density at radius 1 is 1.41 bits per heavy atom. The van der Waals surface area contributed by atoms with E-state index in [4.69, 9.17) is 4.74 Å². The Morgan fingerprint density at radius 3 is 2.84 bits per heavy atom. The SMILES string of the molecule is CO[C@@]1(NC(=O)CSc2nncs2)C(=O)N2C(C(=O)O)=C(CSc3nnnn3C)CS[C@@H]21. The number of aliphatic carboxylic acids is 1. The van der Waals surface area contributed by atoms with Gasteiger partial charge in [0, 0.05) is 25.7 Å². The van der Waals surface area contributed by atoms with E-state index in [9.17, 15) is 19.5 Å². The Bertz CT molecular complexity index is 1080. The number of nitrogens with one attached hydrogen (secondary N) is 1. The van der Waals surface area contributed by atoms with Gasteiger partial charge in [-0.2, -0.15) is 0 Å². The molecule has 1 fully saturated rings. The molecule has 0 aliphatic carbocycles. The average molecular weight is 517 g/mol. The molecule has 2 aliphatic heterocycles. The lowest BCUT2D eigenvalue weighted by molar-refractivity contribution is -0.192. The van der Waals surface area contributed by atoms with Crippen molar-refractivity contribution in [2.45, 2.75) is 20.6 Å². The number of tetrazole rings is 1. The third kappa shape index (κ3) is 4.09. The molecular weight excluding hydrogens is 500 g/mol. The normalized spacial score (nSPS) is 22.5. The highest BCUT2D eigenvalue weighted by Crippen LogP contribution is 2.47. The van der Waals surface area contributed by atoms with Gasteiger partial charge in [-0.15, -0.1) is 27.1 Å². The molecule has 2 aromatic heterocycles. The second-order valence-electron chi connectivity index (χ2n) is 6.45. The molecule has 0 saturated carbocycles. The predicted molar refractivity (Wildman–Crippen MR) is 116 cm³/mol. The van der Waals surface area contributed by atoms with Crippen LogP contribution < -0.4 is 5.32 Å². The zero-order chi connectivity index (χ0) is 22.9. The summed E-state index contributed by atoms with van der Waals surface area (Å²) in [5.41, 5.74) is 0.380. The van der Waals surface area contributed by atoms with Gasteiger partial charge in [-0.1, -0.05) is 34.9 Å². The molecule has 13 nitrogen and oxygen atoms in total. The molecule has 32 heavy (non-hydrogen) atoms. The maximum Gasteiger partial charge on any atom is 0.352 e. The van der Waals surface area contributed by atoms with E-state index in [0.717, 1.165) is 0 Å². The Morgan fingerprint density at radius 2 is 2.22 bits per heavy atom. The zero-order valence-electron chi connectivity index (χ0n) is 16.6. The van der Waals surface area contributed by atoms with Crippen molar-refractivity contribution in [1.82, 2.24) is 40.6 Å². The second-order valence-corrected chi connectivity index (χ2v) is 10.5. The number of carboxylic acids is 1. The van der Waals surface area contributed by atoms with Crippen molar-refractivity contribution in [2.24, 2.45) is 7.05 Å². The fourth-order valence-electron chi connectivity index (χ4n) is 3.15. The van der Waals surface area contributed by atoms with Gasteiger partial charge in [0.1, 0.15) is 16.6 Å². The number of fused-ring (bicyclic) bond motifs is 1. The molecule has 0 unspecified atom stereocenters. The van der Waals surface area contributed by atoms with Crippen LogP contribution in [0.5, 0.6) is 0 Å². The number of ether oxygens (including phenoxy) is 1. The number of carboxylic acid groups (broad SMARTS) is 1. The Balaban J connectivity index is 1.49. The molecule has 1 saturated heterocycles. The standard InChI is InChI=1S/C15H16N8O5S4/c1-22-13(18-20-21-22)30-4-7-3-29-12-15(28-2,11(27)23(12)9(7)10(25)26)17-8(24)5-31-14-19-16-6-32-14/h6,12H,3-5H2,1-2H3,(H,17,24)(H,25,26)/t12-,15+/m1/s1. The molecule has 2 N–H and O–H groups in total. The number of carbonyl (C=O) groups is 3. The summed E-state index contributed by atoms with van der Waals surface area (Å²) in [5.74, 6) is -1.64. The Labute approximate surface area is 197 Å². The molecular formula is C15H16N8O5S4. The van der Waals surface area contributed by atoms with Crippen LogP contribution in [-0.2, 0) is 26.2 Å². The van der Waals surface area contributed by atoms with Crippen molar-refractivity contribution in [3.05, 3.63) is 16.8 Å². The number of aromatic nitrogens is 6. The molecule has 0 spiro atoms. The second kappa shape index (κ2) is 9.34. The van der Waals surface area contributed by atoms with Crippen LogP contribution in [-0.4, -0.2) is 93.7 Å². The van der Waals surface area contributed by atoms with E-state index in [0.29, 0.717) is 26.6 Å². The van der Waals surface area contributed by atoms with Crippen LogP contribution in [0.25, 0.3) is 0 Å². The van der Waals surface area contributed by atoms with E-state index in [-0.39, 0.29) is 11.4 Å². The van der Waals surface area contributed by atoms with Crippen LogP contribution in [0.2, 0.25) is 0 Å². The first-order valence-corrected chi connectivity index (χ1v) is 12.8. The molecule has 2 aliphatic rings. The van der Waals surface area contributed by atoms with Gasteiger partial charge in [0.2, 0.25) is 11.1 Å². The van der Waals surface area contributed by atoms with Gasteiger partial charge >= 0.3 is 5.97 Å². The third-order valence-electron chi connectivity index (χ3n) is 4.58. The van der Waals surface area contributed by atoms with Gasteiger partial charge in [0.25, 0.3) is 11.6 Å². The quantitative estimate of drug-likeness (QED) is 0.253. The fourth-order valence-corrected chi connectivity index (χ4v) is 6.86. The van der Waals surface area contributed by atoms with Crippen LogP contribution in [0.1, 0.15) is 0 Å². The number of β-lactam (4-membered cyclic amide) rings is 1. The summed E-state index contributed by atoms with van der Waals surface area (Å²) in [5, 5.41) is 31.0. The molecule has 4 rings (SSSR count). The van der Waals surface area contributed by atoms with E-state index in [1.165, 1.54) is 63.3 Å². The van der Waals surface area contributed by atoms with Crippen LogP contribution >= 0.6 is 46.6 Å². The van der Waals surface area contributed by atoms with Crippen LogP contribution in [0.3, 0.4) is 0 Å². The van der Waals surface area contributed by atoms with Crippen molar-refractivity contribution < 1.29 is 24.2 Å². The minimum Gasteiger partial charge on any atom is -0.477 e. The van der Waals surface area contributed by atoms with E-state index in [1.54, 1.807) is 12.6 Å². The Hall–Kier alpha value is -2.21. The molecule has 17 heteroatoms. The van der Waals surface area contributed by atoms with Gasteiger partial charge in [-0.05, 0) is 16.0 Å².